The van der Waals surface area contributed by atoms with Crippen molar-refractivity contribution in [2.45, 2.75) is 25.9 Å². The van der Waals surface area contributed by atoms with Crippen LogP contribution in [-0.4, -0.2) is 26.4 Å². The Hall–Kier alpha value is -0.100. The summed E-state index contributed by atoms with van der Waals surface area (Å²) in [6, 6.07) is 4.10. The van der Waals surface area contributed by atoms with Gasteiger partial charge in [-0.3, -0.25) is 0 Å². The van der Waals surface area contributed by atoms with E-state index in [1.807, 2.05) is 6.92 Å². The van der Waals surface area contributed by atoms with Gasteiger partial charge in [-0.05, 0) is 69.4 Å². The SMILES string of the molecule is COCCC(C)Oc1c(Br)cc(CCN)cc1Br. The standard InChI is InChI=1S/C13H19Br2NO2/c1-9(4-6-17-2)18-13-11(14)7-10(3-5-16)8-12(13)15/h7-9H,3-6,16H2,1-2H3. The number of rotatable bonds is 7. The number of methoxy groups -OCH3 is 1. The van der Waals surface area contributed by atoms with E-state index in [1.54, 1.807) is 7.11 Å². The summed E-state index contributed by atoms with van der Waals surface area (Å²) < 4.78 is 12.8. The second-order valence-electron chi connectivity index (χ2n) is 4.14. The molecular weight excluding hydrogens is 362 g/mol. The molecule has 5 heteroatoms. The molecule has 0 heterocycles. The molecule has 0 radical (unpaired) electrons. The second-order valence-corrected chi connectivity index (χ2v) is 5.85. The Morgan fingerprint density at radius 2 is 1.89 bits per heavy atom. The summed E-state index contributed by atoms with van der Waals surface area (Å²) in [4.78, 5) is 0. The molecule has 1 rings (SSSR count). The minimum atomic E-state index is 0.109. The normalized spacial score (nSPS) is 12.5. The molecule has 0 aliphatic heterocycles. The van der Waals surface area contributed by atoms with Crippen LogP contribution in [0, 0.1) is 0 Å². The third-order valence-corrected chi connectivity index (χ3v) is 3.72. The minimum absolute atomic E-state index is 0.109. The van der Waals surface area contributed by atoms with Crippen LogP contribution in [0.15, 0.2) is 21.1 Å². The first-order chi connectivity index (χ1) is 8.58. The molecule has 0 amide bonds. The van der Waals surface area contributed by atoms with E-state index in [0.717, 1.165) is 27.5 Å². The van der Waals surface area contributed by atoms with Gasteiger partial charge < -0.3 is 15.2 Å². The monoisotopic (exact) mass is 379 g/mol. The quantitative estimate of drug-likeness (QED) is 0.786. The predicted molar refractivity (Wildman–Crippen MR) is 81.2 cm³/mol. The zero-order valence-electron chi connectivity index (χ0n) is 10.7. The number of nitrogens with two attached hydrogens (primary N) is 1. The van der Waals surface area contributed by atoms with Gasteiger partial charge in [-0.15, -0.1) is 0 Å². The first-order valence-corrected chi connectivity index (χ1v) is 7.50. The van der Waals surface area contributed by atoms with Crippen molar-refractivity contribution in [1.82, 2.24) is 0 Å². The number of hydrogen-bond donors (Lipinski definition) is 1. The van der Waals surface area contributed by atoms with Crippen molar-refractivity contribution >= 4 is 31.9 Å². The average molecular weight is 381 g/mol. The summed E-state index contributed by atoms with van der Waals surface area (Å²) in [5.41, 5.74) is 6.75. The van der Waals surface area contributed by atoms with Crippen molar-refractivity contribution in [3.8, 4) is 5.75 Å². The molecule has 3 nitrogen and oxygen atoms in total. The summed E-state index contributed by atoms with van der Waals surface area (Å²) in [7, 11) is 1.69. The van der Waals surface area contributed by atoms with E-state index in [2.05, 4.69) is 44.0 Å². The molecule has 0 spiro atoms. The highest BCUT2D eigenvalue weighted by Crippen LogP contribution is 2.35. The van der Waals surface area contributed by atoms with Crippen LogP contribution in [0.5, 0.6) is 5.75 Å². The third kappa shape index (κ3) is 4.88. The molecule has 0 bridgehead atoms. The van der Waals surface area contributed by atoms with Gasteiger partial charge in [0.15, 0.2) is 0 Å². The van der Waals surface area contributed by atoms with Gasteiger partial charge in [0.2, 0.25) is 0 Å². The van der Waals surface area contributed by atoms with Crippen LogP contribution in [0.25, 0.3) is 0 Å². The van der Waals surface area contributed by atoms with Crippen molar-refractivity contribution in [1.29, 1.82) is 0 Å². The molecule has 1 unspecified atom stereocenters. The molecule has 18 heavy (non-hydrogen) atoms. The molecule has 2 N–H and O–H groups in total. The lowest BCUT2D eigenvalue weighted by Gasteiger charge is -2.17. The van der Waals surface area contributed by atoms with E-state index in [4.69, 9.17) is 15.2 Å². The molecule has 0 aliphatic rings. The Labute approximate surface area is 125 Å². The van der Waals surface area contributed by atoms with Crippen molar-refractivity contribution < 1.29 is 9.47 Å². The number of halogens is 2. The molecule has 102 valence electrons. The summed E-state index contributed by atoms with van der Waals surface area (Å²) in [5.74, 6) is 0.833. The van der Waals surface area contributed by atoms with Gasteiger partial charge in [-0.1, -0.05) is 0 Å². The van der Waals surface area contributed by atoms with Gasteiger partial charge in [-0.2, -0.15) is 0 Å². The highest BCUT2D eigenvalue weighted by molar-refractivity contribution is 9.11. The van der Waals surface area contributed by atoms with E-state index in [9.17, 15) is 0 Å². The van der Waals surface area contributed by atoms with Gasteiger partial charge in [0, 0.05) is 20.1 Å². The highest BCUT2D eigenvalue weighted by atomic mass is 79.9. The van der Waals surface area contributed by atoms with Crippen molar-refractivity contribution in [3.05, 3.63) is 26.6 Å². The van der Waals surface area contributed by atoms with Crippen molar-refractivity contribution in [3.63, 3.8) is 0 Å². The Bertz CT molecular complexity index is 362. The fourth-order valence-electron chi connectivity index (χ4n) is 1.58. The maximum absolute atomic E-state index is 5.91. The largest absolute Gasteiger partial charge is 0.488 e. The molecule has 0 aromatic heterocycles. The topological polar surface area (TPSA) is 44.5 Å². The molecule has 1 atom stereocenters. The second kappa shape index (κ2) is 8.15. The molecular formula is C13H19Br2NO2. The Kier molecular flexibility index (Phi) is 7.22. The summed E-state index contributed by atoms with van der Waals surface area (Å²) in [6.07, 6.45) is 1.83. The summed E-state index contributed by atoms with van der Waals surface area (Å²) in [6.45, 7) is 3.37. The zero-order chi connectivity index (χ0) is 13.5. The number of hydrogen-bond acceptors (Lipinski definition) is 3. The predicted octanol–water partition coefficient (Wildman–Crippen LogP) is 3.52. The first-order valence-electron chi connectivity index (χ1n) is 5.92. The summed E-state index contributed by atoms with van der Waals surface area (Å²) in [5, 5.41) is 0. The third-order valence-electron chi connectivity index (χ3n) is 2.54. The maximum Gasteiger partial charge on any atom is 0.148 e. The Morgan fingerprint density at radius 1 is 1.28 bits per heavy atom. The van der Waals surface area contributed by atoms with E-state index >= 15 is 0 Å². The highest BCUT2D eigenvalue weighted by Gasteiger charge is 2.12. The number of ether oxygens (including phenoxy) is 2. The zero-order valence-corrected chi connectivity index (χ0v) is 13.9. The lowest BCUT2D eigenvalue weighted by atomic mass is 10.1. The molecule has 1 aromatic rings. The van der Waals surface area contributed by atoms with Gasteiger partial charge in [0.1, 0.15) is 5.75 Å². The van der Waals surface area contributed by atoms with Gasteiger partial charge in [-0.25, -0.2) is 0 Å². The molecule has 0 fully saturated rings. The molecule has 0 saturated heterocycles. The van der Waals surface area contributed by atoms with E-state index in [-0.39, 0.29) is 6.10 Å². The Morgan fingerprint density at radius 3 is 2.39 bits per heavy atom. The fourth-order valence-corrected chi connectivity index (χ4v) is 3.05. The smallest absolute Gasteiger partial charge is 0.148 e. The minimum Gasteiger partial charge on any atom is -0.488 e. The Balaban J connectivity index is 2.76. The van der Waals surface area contributed by atoms with Crippen LogP contribution < -0.4 is 10.5 Å². The van der Waals surface area contributed by atoms with Gasteiger partial charge in [0.05, 0.1) is 15.0 Å². The van der Waals surface area contributed by atoms with Crippen LogP contribution in [0.2, 0.25) is 0 Å². The van der Waals surface area contributed by atoms with Crippen LogP contribution in [-0.2, 0) is 11.2 Å². The van der Waals surface area contributed by atoms with Crippen molar-refractivity contribution in [2.24, 2.45) is 5.73 Å². The lowest BCUT2D eigenvalue weighted by Crippen LogP contribution is -2.15. The summed E-state index contributed by atoms with van der Waals surface area (Å²) >= 11 is 7.08. The molecule has 0 saturated carbocycles. The molecule has 1 aromatic carbocycles. The van der Waals surface area contributed by atoms with Crippen molar-refractivity contribution in [2.75, 3.05) is 20.3 Å². The number of benzene rings is 1. The fraction of sp³-hybridized carbons (Fsp3) is 0.538. The van der Waals surface area contributed by atoms with E-state index in [0.29, 0.717) is 13.2 Å². The first kappa shape index (κ1) is 16.0. The van der Waals surface area contributed by atoms with Crippen LogP contribution in [0.3, 0.4) is 0 Å². The van der Waals surface area contributed by atoms with E-state index in [1.165, 1.54) is 5.56 Å². The van der Waals surface area contributed by atoms with Crippen LogP contribution in [0.1, 0.15) is 18.9 Å². The van der Waals surface area contributed by atoms with Gasteiger partial charge >= 0.3 is 0 Å². The van der Waals surface area contributed by atoms with Gasteiger partial charge in [0.25, 0.3) is 0 Å². The van der Waals surface area contributed by atoms with Crippen LogP contribution in [0.4, 0.5) is 0 Å². The lowest BCUT2D eigenvalue weighted by molar-refractivity contribution is 0.134. The van der Waals surface area contributed by atoms with E-state index < -0.39 is 0 Å². The van der Waals surface area contributed by atoms with Crippen LogP contribution >= 0.6 is 31.9 Å². The molecule has 0 aliphatic carbocycles. The average Bonchev–Trinajstić information content (AvgIpc) is 2.31. The maximum atomic E-state index is 5.91.